The Morgan fingerprint density at radius 2 is 1.45 bits per heavy atom. The highest BCUT2D eigenvalue weighted by Crippen LogP contribution is 2.28. The van der Waals surface area contributed by atoms with Gasteiger partial charge >= 0.3 is 0 Å². The van der Waals surface area contributed by atoms with Crippen LogP contribution in [0, 0.1) is 0 Å². The molecule has 22 heavy (non-hydrogen) atoms. The molecule has 130 valence electrons. The Hall–Kier alpha value is -0.400. The highest BCUT2D eigenvalue weighted by atomic mass is 16.7. The minimum Gasteiger partial charge on any atom is -0.394 e. The van der Waals surface area contributed by atoms with E-state index in [0.29, 0.717) is 0 Å². The van der Waals surface area contributed by atoms with Crippen molar-refractivity contribution >= 4 is 0 Å². The maximum atomic E-state index is 9.93. The van der Waals surface area contributed by atoms with E-state index in [4.69, 9.17) is 19.3 Å². The number of hydrogen-bond acceptors (Lipinski definition) is 10. The summed E-state index contributed by atoms with van der Waals surface area (Å²) in [6.45, 7) is 0.823. The lowest BCUT2D eigenvalue weighted by atomic mass is 9.97. The van der Waals surface area contributed by atoms with Gasteiger partial charge in [0.2, 0.25) is 0 Å². The maximum Gasteiger partial charge on any atom is 0.187 e. The molecule has 10 nitrogen and oxygen atoms in total. The average molecular weight is 326 g/mol. The van der Waals surface area contributed by atoms with Gasteiger partial charge in [0.05, 0.1) is 12.7 Å². The van der Waals surface area contributed by atoms with Gasteiger partial charge in [-0.1, -0.05) is 0 Å². The molecule has 0 aromatic heterocycles. The van der Waals surface area contributed by atoms with E-state index in [1.807, 2.05) is 0 Å². The van der Waals surface area contributed by atoms with Crippen LogP contribution in [-0.2, 0) is 14.2 Å². The molecule has 10 heteroatoms. The molecule has 7 N–H and O–H groups in total. The van der Waals surface area contributed by atoms with E-state index in [9.17, 15) is 30.6 Å². The lowest BCUT2D eigenvalue weighted by molar-refractivity contribution is -0.358. The van der Waals surface area contributed by atoms with E-state index in [0.717, 1.165) is 0 Å². The van der Waals surface area contributed by atoms with Crippen LogP contribution < -0.4 is 0 Å². The SMILES string of the molecule is CC1O[C@@H](OC2C(O)[C@@H](O)C(CO)O[C@H]2O)C(O)C(O)[C@H]1O. The Balaban J connectivity index is 2.06. The molecule has 2 rings (SSSR count). The molecule has 0 aliphatic carbocycles. The molecule has 6 unspecified atom stereocenters. The molecule has 10 atom stereocenters. The number of aliphatic hydroxyl groups is 7. The van der Waals surface area contributed by atoms with Crippen molar-refractivity contribution in [3.63, 3.8) is 0 Å². The van der Waals surface area contributed by atoms with Gasteiger partial charge in [-0.15, -0.1) is 0 Å². The molecule has 0 radical (unpaired) electrons. The van der Waals surface area contributed by atoms with Crippen molar-refractivity contribution in [2.24, 2.45) is 0 Å². The average Bonchev–Trinajstić information content (AvgIpc) is 2.49. The lowest BCUT2D eigenvalue weighted by Crippen LogP contribution is -2.63. The van der Waals surface area contributed by atoms with Gasteiger partial charge in [-0.3, -0.25) is 0 Å². The number of hydrogen-bond donors (Lipinski definition) is 7. The Labute approximate surface area is 126 Å². The van der Waals surface area contributed by atoms with E-state index in [2.05, 4.69) is 0 Å². The third kappa shape index (κ3) is 3.26. The zero-order chi connectivity index (χ0) is 16.6. The van der Waals surface area contributed by atoms with Crippen LogP contribution in [0.1, 0.15) is 6.92 Å². The molecule has 0 bridgehead atoms. The first kappa shape index (κ1) is 17.9. The lowest BCUT2D eigenvalue weighted by Gasteiger charge is -2.44. The Morgan fingerprint density at radius 1 is 0.818 bits per heavy atom. The molecule has 2 fully saturated rings. The first-order valence-corrected chi connectivity index (χ1v) is 6.93. The van der Waals surface area contributed by atoms with Gasteiger partial charge in [0, 0.05) is 0 Å². The van der Waals surface area contributed by atoms with Crippen molar-refractivity contribution in [1.29, 1.82) is 0 Å². The van der Waals surface area contributed by atoms with Crippen molar-refractivity contribution in [2.45, 2.75) is 68.3 Å². The summed E-state index contributed by atoms with van der Waals surface area (Å²) in [5.41, 5.74) is 0. The van der Waals surface area contributed by atoms with E-state index in [1.54, 1.807) is 0 Å². The first-order chi connectivity index (χ1) is 10.3. The van der Waals surface area contributed by atoms with E-state index >= 15 is 0 Å². The summed E-state index contributed by atoms with van der Waals surface area (Å²) in [7, 11) is 0. The van der Waals surface area contributed by atoms with Crippen LogP contribution in [0.2, 0.25) is 0 Å². The minimum absolute atomic E-state index is 0.619. The summed E-state index contributed by atoms with van der Waals surface area (Å²) >= 11 is 0. The van der Waals surface area contributed by atoms with Gasteiger partial charge in [0.25, 0.3) is 0 Å². The van der Waals surface area contributed by atoms with Crippen molar-refractivity contribution < 1.29 is 50.0 Å². The van der Waals surface area contributed by atoms with Crippen LogP contribution in [-0.4, -0.2) is 104 Å². The van der Waals surface area contributed by atoms with Gasteiger partial charge < -0.3 is 50.0 Å². The monoisotopic (exact) mass is 326 g/mol. The second kappa shape index (κ2) is 7.01. The van der Waals surface area contributed by atoms with Crippen molar-refractivity contribution in [3.05, 3.63) is 0 Å². The van der Waals surface area contributed by atoms with Gasteiger partial charge in [0.1, 0.15) is 42.7 Å². The van der Waals surface area contributed by atoms with Crippen LogP contribution in [0.25, 0.3) is 0 Å². The summed E-state index contributed by atoms with van der Waals surface area (Å²) < 4.78 is 15.3. The van der Waals surface area contributed by atoms with Gasteiger partial charge in [-0.05, 0) is 6.92 Å². The molecule has 0 aromatic carbocycles. The number of aliphatic hydroxyl groups excluding tert-OH is 7. The predicted octanol–water partition coefficient (Wildman–Crippen LogP) is -4.37. The summed E-state index contributed by atoms with van der Waals surface area (Å²) in [6, 6.07) is 0. The third-order valence-electron chi connectivity index (χ3n) is 3.94. The smallest absolute Gasteiger partial charge is 0.187 e. The van der Waals surface area contributed by atoms with Crippen LogP contribution >= 0.6 is 0 Å². The Morgan fingerprint density at radius 3 is 2.05 bits per heavy atom. The fourth-order valence-electron chi connectivity index (χ4n) is 2.50. The Kier molecular flexibility index (Phi) is 5.72. The molecule has 0 saturated carbocycles. The largest absolute Gasteiger partial charge is 0.394 e. The molecule has 2 saturated heterocycles. The zero-order valence-corrected chi connectivity index (χ0v) is 11.8. The highest BCUT2D eigenvalue weighted by molar-refractivity contribution is 4.92. The van der Waals surface area contributed by atoms with Gasteiger partial charge in [0.15, 0.2) is 12.6 Å². The van der Waals surface area contributed by atoms with Crippen molar-refractivity contribution in [2.75, 3.05) is 6.61 Å². The summed E-state index contributed by atoms with van der Waals surface area (Å²) in [4.78, 5) is 0. The van der Waals surface area contributed by atoms with Gasteiger partial charge in [-0.2, -0.15) is 0 Å². The van der Waals surface area contributed by atoms with Crippen LogP contribution in [0.4, 0.5) is 0 Å². The first-order valence-electron chi connectivity index (χ1n) is 6.93. The normalized spacial score (nSPS) is 53.5. The molecular formula is C12H22O10. The minimum atomic E-state index is -1.69. The van der Waals surface area contributed by atoms with Crippen LogP contribution in [0.3, 0.4) is 0 Å². The topological polar surface area (TPSA) is 169 Å². The molecular weight excluding hydrogens is 304 g/mol. The zero-order valence-electron chi connectivity index (χ0n) is 11.8. The summed E-state index contributed by atoms with van der Waals surface area (Å²) in [6.07, 6.45) is -14.3. The second-order valence-electron chi connectivity index (χ2n) is 5.51. The van der Waals surface area contributed by atoms with E-state index in [-0.39, 0.29) is 0 Å². The molecule has 2 aliphatic rings. The molecule has 2 aliphatic heterocycles. The van der Waals surface area contributed by atoms with E-state index < -0.39 is 68.0 Å². The fraction of sp³-hybridized carbons (Fsp3) is 1.00. The molecule has 0 spiro atoms. The van der Waals surface area contributed by atoms with Crippen molar-refractivity contribution in [3.8, 4) is 0 Å². The Bertz CT molecular complexity index is 368. The number of ether oxygens (including phenoxy) is 3. The third-order valence-corrected chi connectivity index (χ3v) is 3.94. The molecule has 0 aromatic rings. The summed E-state index contributed by atoms with van der Waals surface area (Å²) in [5.74, 6) is 0. The standard InChI is InChI=1S/C12H22O10/c1-3-5(14)7(16)9(18)12(20-3)22-10-8(17)6(15)4(2-13)21-11(10)19/h3-19H,2H2,1H3/t3?,4?,5-,6-,7?,8?,9?,10?,11+,12-/m0/s1. The van der Waals surface area contributed by atoms with Crippen molar-refractivity contribution in [1.82, 2.24) is 0 Å². The molecule has 2 heterocycles. The quantitative estimate of drug-likeness (QED) is 0.269. The summed E-state index contributed by atoms with van der Waals surface area (Å²) in [5, 5.41) is 67.5. The molecule has 0 amide bonds. The van der Waals surface area contributed by atoms with E-state index in [1.165, 1.54) is 6.92 Å². The van der Waals surface area contributed by atoms with Crippen LogP contribution in [0.15, 0.2) is 0 Å². The van der Waals surface area contributed by atoms with Gasteiger partial charge in [-0.25, -0.2) is 0 Å². The maximum absolute atomic E-state index is 9.93. The predicted molar refractivity (Wildman–Crippen MR) is 67.2 cm³/mol. The second-order valence-corrected chi connectivity index (χ2v) is 5.51. The van der Waals surface area contributed by atoms with Crippen LogP contribution in [0.5, 0.6) is 0 Å². The highest BCUT2D eigenvalue weighted by Gasteiger charge is 2.49. The number of rotatable bonds is 3. The fourth-order valence-corrected chi connectivity index (χ4v) is 2.50.